The summed E-state index contributed by atoms with van der Waals surface area (Å²) < 4.78 is 46.5. The van der Waals surface area contributed by atoms with Crippen LogP contribution >= 0.6 is 0 Å². The number of nitrogens with one attached hydrogen (secondary N) is 1. The van der Waals surface area contributed by atoms with Crippen molar-refractivity contribution in [3.05, 3.63) is 102 Å². The molecule has 1 aliphatic rings. The summed E-state index contributed by atoms with van der Waals surface area (Å²) in [5.41, 5.74) is 0.796. The Balaban J connectivity index is 1.44. The summed E-state index contributed by atoms with van der Waals surface area (Å²) in [7, 11) is 2.85. The second-order valence-corrected chi connectivity index (χ2v) is 15.0. The molecule has 0 saturated carbocycles. The second-order valence-electron chi connectivity index (χ2n) is 15.0. The minimum absolute atomic E-state index is 0.0583. The van der Waals surface area contributed by atoms with Gasteiger partial charge in [0.2, 0.25) is 11.8 Å². The zero-order chi connectivity index (χ0) is 40.7. The minimum Gasteiger partial charge on any atom is -0.489 e. The topological polar surface area (TPSA) is 135 Å². The maximum atomic E-state index is 14.7. The zero-order valence-electron chi connectivity index (χ0n) is 32.8. The first-order chi connectivity index (χ1) is 26.5. The van der Waals surface area contributed by atoms with Crippen LogP contribution in [0.25, 0.3) is 5.65 Å². The number of ether oxygens (including phenoxy) is 3. The minimum atomic E-state index is -1.20. The number of aromatic nitrogens is 2. The van der Waals surface area contributed by atoms with Gasteiger partial charge in [-0.1, -0.05) is 18.2 Å². The molecule has 1 aliphatic heterocycles. The van der Waals surface area contributed by atoms with E-state index in [1.165, 1.54) is 57.5 Å². The first kappa shape index (κ1) is 41.6. The molecule has 2 aromatic heterocycles. The van der Waals surface area contributed by atoms with Crippen LogP contribution in [-0.2, 0) is 25.5 Å². The highest BCUT2D eigenvalue weighted by atomic mass is 19.1. The molecule has 0 aliphatic carbocycles. The molecule has 5 rings (SSSR count). The molecule has 0 bridgehead atoms. The number of pyridine rings is 1. The van der Waals surface area contributed by atoms with Crippen LogP contribution in [-0.4, -0.2) is 118 Å². The van der Waals surface area contributed by atoms with Crippen molar-refractivity contribution in [1.82, 2.24) is 29.4 Å². The first-order valence-electron chi connectivity index (χ1n) is 18.5. The Morgan fingerprint density at radius 2 is 1.64 bits per heavy atom. The summed E-state index contributed by atoms with van der Waals surface area (Å²) in [6, 6.07) is 14.2. The lowest BCUT2D eigenvalue weighted by Gasteiger charge is -2.35. The van der Waals surface area contributed by atoms with E-state index in [1.807, 2.05) is 12.1 Å². The van der Waals surface area contributed by atoms with E-state index in [0.29, 0.717) is 17.8 Å². The van der Waals surface area contributed by atoms with Crippen molar-refractivity contribution < 1.29 is 42.2 Å². The molecule has 5 atom stereocenters. The van der Waals surface area contributed by atoms with Gasteiger partial charge in [0.25, 0.3) is 5.91 Å². The highest BCUT2D eigenvalue weighted by molar-refractivity contribution is 5.93. The van der Waals surface area contributed by atoms with Gasteiger partial charge in [-0.05, 0) is 95.1 Å². The summed E-state index contributed by atoms with van der Waals surface area (Å²) in [6.07, 6.45) is 2.02. The third-order valence-corrected chi connectivity index (χ3v) is 9.71. The molecule has 0 unspecified atom stereocenters. The normalized spacial score (nSPS) is 17.2. The number of carbonyl (C=O) groups is 4. The Bertz CT molecular complexity index is 1950. The molecule has 0 spiro atoms. The van der Waals surface area contributed by atoms with Gasteiger partial charge < -0.3 is 33.7 Å². The van der Waals surface area contributed by atoms with Gasteiger partial charge in [0.15, 0.2) is 0 Å². The zero-order valence-corrected chi connectivity index (χ0v) is 32.8. The van der Waals surface area contributed by atoms with Crippen LogP contribution in [0.15, 0.2) is 79.1 Å². The number of carbonyl (C=O) groups excluding carboxylic acids is 4. The van der Waals surface area contributed by atoms with Crippen molar-refractivity contribution >= 4 is 29.5 Å². The molecule has 13 nitrogen and oxygen atoms in total. The van der Waals surface area contributed by atoms with Crippen molar-refractivity contribution in [3.63, 3.8) is 0 Å². The fraction of sp³-hybridized carbons (Fsp3) is 0.439. The lowest BCUT2D eigenvalue weighted by atomic mass is 10.1. The fourth-order valence-electron chi connectivity index (χ4n) is 6.39. The number of rotatable bonds is 14. The van der Waals surface area contributed by atoms with Gasteiger partial charge in [-0.2, -0.15) is 0 Å². The third-order valence-electron chi connectivity index (χ3n) is 9.71. The lowest BCUT2D eigenvalue weighted by Crippen LogP contribution is -2.59. The SMILES string of the molecule is CO[C@H](C)[C@H](NC(=O)[C@H](C)N(C)C(=O)OC(C)(C)C)C(=O)N1C[C@@H](Oc2ccc(F)cc2)C[C@H]1CN(CCc1ccc(F)cc1)C(=O)c1cn2ccccc2n1. The van der Waals surface area contributed by atoms with Gasteiger partial charge in [0, 0.05) is 46.1 Å². The molecule has 3 heterocycles. The number of nitrogens with zero attached hydrogens (tertiary/aromatic N) is 5. The van der Waals surface area contributed by atoms with E-state index in [9.17, 15) is 28.0 Å². The Morgan fingerprint density at radius 3 is 2.27 bits per heavy atom. The van der Waals surface area contributed by atoms with Crippen LogP contribution in [0, 0.1) is 11.6 Å². The molecule has 0 radical (unpaired) electrons. The summed E-state index contributed by atoms with van der Waals surface area (Å²) in [4.78, 5) is 64.2. The number of imidazole rings is 1. The number of amides is 4. The van der Waals surface area contributed by atoms with E-state index >= 15 is 0 Å². The van der Waals surface area contributed by atoms with Gasteiger partial charge in [0.1, 0.15) is 52.5 Å². The summed E-state index contributed by atoms with van der Waals surface area (Å²) >= 11 is 0. The number of likely N-dealkylation sites (tertiary alicyclic amines) is 1. The van der Waals surface area contributed by atoms with Crippen LogP contribution in [0.1, 0.15) is 57.1 Å². The van der Waals surface area contributed by atoms with E-state index in [4.69, 9.17) is 14.2 Å². The predicted molar refractivity (Wildman–Crippen MR) is 204 cm³/mol. The summed E-state index contributed by atoms with van der Waals surface area (Å²) in [6.45, 7) is 8.66. The molecule has 4 aromatic rings. The molecule has 2 aromatic carbocycles. The molecule has 300 valence electrons. The number of fused-ring (bicyclic) bond motifs is 1. The molecule has 1 fully saturated rings. The van der Waals surface area contributed by atoms with Gasteiger partial charge in [-0.3, -0.25) is 19.3 Å². The van der Waals surface area contributed by atoms with Crippen LogP contribution in [0.5, 0.6) is 5.75 Å². The molecule has 4 amide bonds. The average Bonchev–Trinajstić information content (AvgIpc) is 3.79. The van der Waals surface area contributed by atoms with Crippen molar-refractivity contribution in [1.29, 1.82) is 0 Å². The van der Waals surface area contributed by atoms with Crippen LogP contribution < -0.4 is 10.1 Å². The van der Waals surface area contributed by atoms with Crippen LogP contribution in [0.2, 0.25) is 0 Å². The molecule has 56 heavy (non-hydrogen) atoms. The van der Waals surface area contributed by atoms with E-state index in [2.05, 4.69) is 10.3 Å². The van der Waals surface area contributed by atoms with Gasteiger partial charge in [0.05, 0.1) is 18.7 Å². The van der Waals surface area contributed by atoms with Crippen LogP contribution in [0.4, 0.5) is 13.6 Å². The van der Waals surface area contributed by atoms with E-state index in [1.54, 1.807) is 72.5 Å². The third kappa shape index (κ3) is 10.6. The Kier molecular flexibility index (Phi) is 13.3. The Morgan fingerprint density at radius 1 is 0.982 bits per heavy atom. The standard InChI is InChI=1S/C41H50F2N6O7/c1-26(46(6)40(53)56-41(3,4)5)37(50)45-36(27(2)54-7)39(52)49-24-33(55-32-17-15-30(43)16-18-32)22-31(49)23-48(21-19-28-11-13-29(42)14-12-28)38(51)34-25-47-20-9-8-10-35(47)44-34/h8-18,20,25-27,31,33,36H,19,21-24H2,1-7H3,(H,45,50)/t26-,27+,31-,33-,36-/m0/s1. The molecule has 1 saturated heterocycles. The van der Waals surface area contributed by atoms with E-state index in [-0.39, 0.29) is 43.5 Å². The molecule has 15 heteroatoms. The average molecular weight is 777 g/mol. The summed E-state index contributed by atoms with van der Waals surface area (Å²) in [5, 5.41) is 2.79. The quantitative estimate of drug-likeness (QED) is 0.187. The predicted octanol–water partition coefficient (Wildman–Crippen LogP) is 5.12. The van der Waals surface area contributed by atoms with E-state index < -0.39 is 59.7 Å². The monoisotopic (exact) mass is 776 g/mol. The van der Waals surface area contributed by atoms with Gasteiger partial charge in [-0.25, -0.2) is 18.6 Å². The number of methoxy groups -OCH3 is 1. The van der Waals surface area contributed by atoms with E-state index in [0.717, 1.165) is 10.5 Å². The Labute approximate surface area is 325 Å². The van der Waals surface area contributed by atoms with Crippen molar-refractivity contribution in [2.75, 3.05) is 33.8 Å². The number of benzene rings is 2. The first-order valence-corrected chi connectivity index (χ1v) is 18.5. The molecule has 1 N–H and O–H groups in total. The summed E-state index contributed by atoms with van der Waals surface area (Å²) in [5.74, 6) is -1.89. The Hall–Kier alpha value is -5.57. The number of hydrogen-bond acceptors (Lipinski definition) is 8. The smallest absolute Gasteiger partial charge is 0.410 e. The largest absolute Gasteiger partial charge is 0.489 e. The number of likely N-dealkylation sites (N-methyl/N-ethyl adjacent to an activating group) is 1. The maximum absolute atomic E-state index is 14.7. The van der Waals surface area contributed by atoms with Crippen molar-refractivity contribution in [2.24, 2.45) is 0 Å². The maximum Gasteiger partial charge on any atom is 0.410 e. The molecular weight excluding hydrogens is 726 g/mol. The van der Waals surface area contributed by atoms with Gasteiger partial charge in [-0.15, -0.1) is 0 Å². The number of hydrogen-bond donors (Lipinski definition) is 1. The highest BCUT2D eigenvalue weighted by Gasteiger charge is 2.43. The highest BCUT2D eigenvalue weighted by Crippen LogP contribution is 2.27. The lowest BCUT2D eigenvalue weighted by molar-refractivity contribution is -0.142. The fourth-order valence-corrected chi connectivity index (χ4v) is 6.39. The van der Waals surface area contributed by atoms with Crippen LogP contribution in [0.3, 0.4) is 0 Å². The second kappa shape index (κ2) is 17.9. The molecular formula is C41H50F2N6O7. The van der Waals surface area contributed by atoms with Crippen molar-refractivity contribution in [2.45, 2.75) is 83.4 Å². The van der Waals surface area contributed by atoms with Gasteiger partial charge >= 0.3 is 6.09 Å². The number of halogens is 2. The van der Waals surface area contributed by atoms with Crippen molar-refractivity contribution in [3.8, 4) is 5.75 Å².